The van der Waals surface area contributed by atoms with E-state index in [1.165, 1.54) is 0 Å². The van der Waals surface area contributed by atoms with Crippen LogP contribution in [-0.2, 0) is 5.41 Å². The smallest absolute Gasteiger partial charge is 0.131 e. The van der Waals surface area contributed by atoms with E-state index in [-0.39, 0.29) is 5.41 Å². The van der Waals surface area contributed by atoms with E-state index in [9.17, 15) is 0 Å². The largest absolute Gasteiger partial charge is 0.457 e. The molecule has 2 rings (SSSR count). The number of benzene rings is 2. The lowest BCUT2D eigenvalue weighted by Crippen LogP contribution is -2.12. The molecule has 0 atom stereocenters. The number of halogens is 1. The second kappa shape index (κ2) is 5.68. The van der Waals surface area contributed by atoms with Gasteiger partial charge in [0.2, 0.25) is 0 Å². The third kappa shape index (κ3) is 3.20. The second-order valence-corrected chi connectivity index (χ2v) is 6.46. The van der Waals surface area contributed by atoms with Gasteiger partial charge in [0, 0.05) is 10.0 Å². The molecule has 0 unspecified atom stereocenters. The van der Waals surface area contributed by atoms with Crippen molar-refractivity contribution in [3.8, 4) is 17.6 Å². The highest BCUT2D eigenvalue weighted by Crippen LogP contribution is 2.34. The number of ether oxygens (including phenoxy) is 1. The molecule has 2 nitrogen and oxygen atoms in total. The van der Waals surface area contributed by atoms with Crippen LogP contribution in [-0.4, -0.2) is 0 Å². The molecule has 0 aliphatic heterocycles. The van der Waals surface area contributed by atoms with E-state index in [4.69, 9.17) is 10.00 Å². The summed E-state index contributed by atoms with van der Waals surface area (Å²) in [4.78, 5) is 0. The van der Waals surface area contributed by atoms with Crippen molar-refractivity contribution in [2.45, 2.75) is 26.2 Å². The van der Waals surface area contributed by atoms with Gasteiger partial charge in [-0.3, -0.25) is 0 Å². The lowest BCUT2D eigenvalue weighted by molar-refractivity contribution is 0.455. The number of para-hydroxylation sites is 1. The molecule has 20 heavy (non-hydrogen) atoms. The maximum absolute atomic E-state index is 8.93. The first-order valence-corrected chi connectivity index (χ1v) is 7.18. The molecule has 0 fully saturated rings. The van der Waals surface area contributed by atoms with Crippen LogP contribution in [0.15, 0.2) is 46.9 Å². The van der Waals surface area contributed by atoms with Crippen molar-refractivity contribution in [3.63, 3.8) is 0 Å². The molecule has 0 amide bonds. The van der Waals surface area contributed by atoms with Crippen molar-refractivity contribution in [2.24, 2.45) is 0 Å². The summed E-state index contributed by atoms with van der Waals surface area (Å²) in [7, 11) is 0. The van der Waals surface area contributed by atoms with Crippen molar-refractivity contribution in [1.29, 1.82) is 5.26 Å². The van der Waals surface area contributed by atoms with E-state index < -0.39 is 0 Å². The molecule has 2 aromatic carbocycles. The van der Waals surface area contributed by atoms with Crippen LogP contribution < -0.4 is 4.74 Å². The topological polar surface area (TPSA) is 33.0 Å². The van der Waals surface area contributed by atoms with Crippen LogP contribution >= 0.6 is 15.9 Å². The lowest BCUT2D eigenvalue weighted by atomic mass is 9.86. The molecule has 0 heterocycles. The van der Waals surface area contributed by atoms with Gasteiger partial charge in [0.1, 0.15) is 17.6 Å². The van der Waals surface area contributed by atoms with Gasteiger partial charge in [-0.2, -0.15) is 5.26 Å². The summed E-state index contributed by atoms with van der Waals surface area (Å²) in [5.74, 6) is 1.56. The number of hydrogen-bond donors (Lipinski definition) is 0. The summed E-state index contributed by atoms with van der Waals surface area (Å²) < 4.78 is 6.72. The number of rotatable bonds is 2. The Labute approximate surface area is 128 Å². The second-order valence-electron chi connectivity index (χ2n) is 5.60. The van der Waals surface area contributed by atoms with Crippen molar-refractivity contribution in [3.05, 3.63) is 58.1 Å². The van der Waals surface area contributed by atoms with E-state index in [0.29, 0.717) is 11.3 Å². The number of hydrogen-bond acceptors (Lipinski definition) is 2. The molecular formula is C17H16BrNO. The Kier molecular flexibility index (Phi) is 4.15. The normalized spacial score (nSPS) is 10.9. The molecule has 0 N–H and O–H groups in total. The van der Waals surface area contributed by atoms with Gasteiger partial charge in [-0.15, -0.1) is 0 Å². The Morgan fingerprint density at radius 2 is 1.80 bits per heavy atom. The minimum atomic E-state index is 0.0143. The Balaban J connectivity index is 2.36. The van der Waals surface area contributed by atoms with Crippen molar-refractivity contribution in [1.82, 2.24) is 0 Å². The summed E-state index contributed by atoms with van der Waals surface area (Å²) >= 11 is 3.38. The Hall–Kier alpha value is -1.79. The van der Waals surface area contributed by atoms with Gasteiger partial charge in [-0.1, -0.05) is 39.0 Å². The maximum Gasteiger partial charge on any atom is 0.131 e. The highest BCUT2D eigenvalue weighted by atomic mass is 79.9. The Morgan fingerprint density at radius 3 is 2.40 bits per heavy atom. The monoisotopic (exact) mass is 329 g/mol. The summed E-state index contributed by atoms with van der Waals surface area (Å²) in [6.07, 6.45) is 0. The molecule has 2 aromatic rings. The zero-order valence-electron chi connectivity index (χ0n) is 11.8. The molecule has 0 aromatic heterocycles. The van der Waals surface area contributed by atoms with Gasteiger partial charge < -0.3 is 4.74 Å². The quantitative estimate of drug-likeness (QED) is 0.737. The summed E-state index contributed by atoms with van der Waals surface area (Å²) in [6.45, 7) is 6.47. The van der Waals surface area contributed by atoms with Gasteiger partial charge in [-0.05, 0) is 45.6 Å². The van der Waals surface area contributed by atoms with Crippen LogP contribution in [0.2, 0.25) is 0 Å². The van der Waals surface area contributed by atoms with Crippen molar-refractivity contribution >= 4 is 15.9 Å². The molecule has 3 heteroatoms. The van der Waals surface area contributed by atoms with E-state index in [0.717, 1.165) is 15.8 Å². The average Bonchev–Trinajstić information content (AvgIpc) is 2.38. The average molecular weight is 330 g/mol. The van der Waals surface area contributed by atoms with Gasteiger partial charge >= 0.3 is 0 Å². The zero-order valence-corrected chi connectivity index (χ0v) is 13.4. The lowest BCUT2D eigenvalue weighted by Gasteiger charge is -2.22. The first-order valence-electron chi connectivity index (χ1n) is 6.39. The standard InChI is InChI=1S/C17H16BrNO/c1-17(2,3)14-6-4-5-7-16(14)20-13-9-8-12(11-19)15(18)10-13/h4-10H,1-3H3. The molecule has 102 valence electrons. The van der Waals surface area contributed by atoms with Gasteiger partial charge in [0.25, 0.3) is 0 Å². The molecular weight excluding hydrogens is 314 g/mol. The van der Waals surface area contributed by atoms with Gasteiger partial charge in [0.05, 0.1) is 5.56 Å². The van der Waals surface area contributed by atoms with E-state index in [1.54, 1.807) is 6.07 Å². The van der Waals surface area contributed by atoms with Crippen LogP contribution in [0, 0.1) is 11.3 Å². The van der Waals surface area contributed by atoms with Gasteiger partial charge in [-0.25, -0.2) is 0 Å². The fraction of sp³-hybridized carbons (Fsp3) is 0.235. The predicted molar refractivity (Wildman–Crippen MR) is 84.1 cm³/mol. The molecule has 0 saturated carbocycles. The van der Waals surface area contributed by atoms with Crippen LogP contribution in [0.4, 0.5) is 0 Å². The van der Waals surface area contributed by atoms with E-state index in [2.05, 4.69) is 48.8 Å². The maximum atomic E-state index is 8.93. The van der Waals surface area contributed by atoms with Gasteiger partial charge in [0.15, 0.2) is 0 Å². The SMILES string of the molecule is CC(C)(C)c1ccccc1Oc1ccc(C#N)c(Br)c1. The summed E-state index contributed by atoms with van der Waals surface area (Å²) in [6, 6.07) is 15.5. The summed E-state index contributed by atoms with van der Waals surface area (Å²) in [5.41, 5.74) is 1.77. The van der Waals surface area contributed by atoms with Crippen molar-refractivity contribution < 1.29 is 4.74 Å². The highest BCUT2D eigenvalue weighted by Gasteiger charge is 2.18. The van der Waals surface area contributed by atoms with E-state index >= 15 is 0 Å². The third-order valence-electron chi connectivity index (χ3n) is 2.98. The van der Waals surface area contributed by atoms with Crippen LogP contribution in [0.5, 0.6) is 11.5 Å². The third-order valence-corrected chi connectivity index (χ3v) is 3.64. The molecule has 0 spiro atoms. The van der Waals surface area contributed by atoms with Crippen LogP contribution in [0.3, 0.4) is 0 Å². The fourth-order valence-corrected chi connectivity index (χ4v) is 2.40. The minimum Gasteiger partial charge on any atom is -0.457 e. The molecule has 0 bridgehead atoms. The first-order chi connectivity index (χ1) is 9.41. The molecule has 0 radical (unpaired) electrons. The molecule has 0 aliphatic rings. The molecule has 0 aliphatic carbocycles. The Bertz CT molecular complexity index is 665. The first kappa shape index (κ1) is 14.6. The van der Waals surface area contributed by atoms with E-state index in [1.807, 2.05) is 30.3 Å². The number of nitrogens with zero attached hydrogens (tertiary/aromatic N) is 1. The summed E-state index contributed by atoms with van der Waals surface area (Å²) in [5, 5.41) is 8.93. The van der Waals surface area contributed by atoms with Crippen molar-refractivity contribution in [2.75, 3.05) is 0 Å². The predicted octanol–water partition coefficient (Wildman–Crippen LogP) is 5.41. The minimum absolute atomic E-state index is 0.0143. The highest BCUT2D eigenvalue weighted by molar-refractivity contribution is 9.10. The zero-order chi connectivity index (χ0) is 14.8. The molecule has 0 saturated heterocycles. The van der Waals surface area contributed by atoms with Crippen LogP contribution in [0.25, 0.3) is 0 Å². The van der Waals surface area contributed by atoms with Crippen LogP contribution in [0.1, 0.15) is 31.9 Å². The Morgan fingerprint density at radius 1 is 1.10 bits per heavy atom. The number of nitriles is 1. The fourth-order valence-electron chi connectivity index (χ4n) is 1.95.